The van der Waals surface area contributed by atoms with Crippen LogP contribution in [0.15, 0.2) is 40.8 Å². The Hall–Kier alpha value is -2.07. The molecule has 1 aliphatic rings. The number of hydrogen-bond acceptors (Lipinski definition) is 3. The largest absolute Gasteiger partial charge is 0.461 e. The molecule has 1 atom stereocenters. The molecule has 2 aromatic rings. The maximum Gasteiger partial charge on any atom is 0.255 e. The van der Waals surface area contributed by atoms with E-state index in [4.69, 9.17) is 4.42 Å². The highest BCUT2D eigenvalue weighted by atomic mass is 16.3. The van der Waals surface area contributed by atoms with E-state index in [0.717, 1.165) is 24.3 Å². The Morgan fingerprint density at radius 2 is 2.18 bits per heavy atom. The molecule has 0 radical (unpaired) electrons. The summed E-state index contributed by atoms with van der Waals surface area (Å²) in [4.78, 5) is 12.4. The summed E-state index contributed by atoms with van der Waals surface area (Å²) in [5.74, 6) is 1.34. The molecule has 0 saturated carbocycles. The molecule has 1 aromatic carbocycles. The molecule has 2 N–H and O–H groups in total. The van der Waals surface area contributed by atoms with Gasteiger partial charge in [-0.05, 0) is 38.8 Å². The van der Waals surface area contributed by atoms with Crippen molar-refractivity contribution in [1.29, 1.82) is 0 Å². The summed E-state index contributed by atoms with van der Waals surface area (Å²) in [6.45, 7) is 3.65. The molecule has 1 aliphatic heterocycles. The van der Waals surface area contributed by atoms with Gasteiger partial charge in [-0.2, -0.15) is 0 Å². The van der Waals surface area contributed by atoms with Crippen LogP contribution in [0.3, 0.4) is 0 Å². The number of hydrogen-bond donors (Lipinski definition) is 2. The molecule has 116 valence electrons. The van der Waals surface area contributed by atoms with Crippen LogP contribution in [0.25, 0.3) is 11.3 Å². The summed E-state index contributed by atoms with van der Waals surface area (Å²) in [5.41, 5.74) is 1.54. The third-order valence-electron chi connectivity index (χ3n) is 4.08. The predicted molar refractivity (Wildman–Crippen MR) is 86.9 cm³/mol. The first-order valence-electron chi connectivity index (χ1n) is 7.91. The first-order valence-corrected chi connectivity index (χ1v) is 7.91. The van der Waals surface area contributed by atoms with Crippen molar-refractivity contribution in [3.8, 4) is 11.3 Å². The number of benzene rings is 1. The molecule has 0 spiro atoms. The molecule has 0 unspecified atom stereocenters. The zero-order valence-electron chi connectivity index (χ0n) is 12.9. The monoisotopic (exact) mass is 298 g/mol. The third kappa shape index (κ3) is 3.39. The zero-order valence-corrected chi connectivity index (χ0v) is 12.9. The van der Waals surface area contributed by atoms with Gasteiger partial charge < -0.3 is 15.1 Å². The van der Waals surface area contributed by atoms with Crippen molar-refractivity contribution in [3.05, 3.63) is 47.7 Å². The van der Waals surface area contributed by atoms with Crippen LogP contribution in [0.2, 0.25) is 0 Å². The van der Waals surface area contributed by atoms with Crippen LogP contribution in [0.4, 0.5) is 0 Å². The minimum Gasteiger partial charge on any atom is -0.461 e. The Kier molecular flexibility index (Phi) is 4.59. The molecule has 2 heterocycles. The van der Waals surface area contributed by atoms with E-state index in [1.165, 1.54) is 12.8 Å². The molecule has 4 heteroatoms. The maximum absolute atomic E-state index is 12.4. The van der Waals surface area contributed by atoms with Crippen LogP contribution >= 0.6 is 0 Å². The molecular formula is C18H22N2O2. The lowest BCUT2D eigenvalue weighted by atomic mass is 10.1. The second kappa shape index (κ2) is 6.79. The first kappa shape index (κ1) is 14.9. The fraction of sp³-hybridized carbons (Fsp3) is 0.389. The van der Waals surface area contributed by atoms with E-state index in [2.05, 4.69) is 10.6 Å². The summed E-state index contributed by atoms with van der Waals surface area (Å²) in [5, 5.41) is 6.45. The van der Waals surface area contributed by atoms with Crippen molar-refractivity contribution >= 4 is 5.91 Å². The van der Waals surface area contributed by atoms with Crippen LogP contribution in [0.5, 0.6) is 0 Å². The first-order chi connectivity index (χ1) is 10.7. The number of furan rings is 1. The van der Waals surface area contributed by atoms with Gasteiger partial charge in [-0.3, -0.25) is 4.79 Å². The van der Waals surface area contributed by atoms with E-state index in [-0.39, 0.29) is 5.91 Å². The van der Waals surface area contributed by atoms with Crippen molar-refractivity contribution in [1.82, 2.24) is 10.6 Å². The van der Waals surface area contributed by atoms with Crippen molar-refractivity contribution in [2.75, 3.05) is 13.1 Å². The molecule has 3 rings (SSSR count). The van der Waals surface area contributed by atoms with Crippen LogP contribution < -0.4 is 10.6 Å². The lowest BCUT2D eigenvalue weighted by Gasteiger charge is -2.10. The van der Waals surface area contributed by atoms with Gasteiger partial charge in [-0.1, -0.05) is 30.3 Å². The van der Waals surface area contributed by atoms with E-state index in [1.807, 2.05) is 43.3 Å². The lowest BCUT2D eigenvalue weighted by Crippen LogP contribution is -2.30. The summed E-state index contributed by atoms with van der Waals surface area (Å²) in [7, 11) is 0. The smallest absolute Gasteiger partial charge is 0.255 e. The Bertz CT molecular complexity index is 628. The second-order valence-corrected chi connectivity index (χ2v) is 5.80. The van der Waals surface area contributed by atoms with E-state index >= 15 is 0 Å². The molecule has 1 fully saturated rings. The van der Waals surface area contributed by atoms with E-state index < -0.39 is 0 Å². The fourth-order valence-electron chi connectivity index (χ4n) is 2.95. The number of nitrogens with one attached hydrogen (secondary N) is 2. The van der Waals surface area contributed by atoms with E-state index in [0.29, 0.717) is 23.9 Å². The Morgan fingerprint density at radius 3 is 2.91 bits per heavy atom. The molecule has 4 nitrogen and oxygen atoms in total. The minimum atomic E-state index is -0.0614. The minimum absolute atomic E-state index is 0.0614. The van der Waals surface area contributed by atoms with Gasteiger partial charge >= 0.3 is 0 Å². The van der Waals surface area contributed by atoms with Gasteiger partial charge in [0, 0.05) is 18.2 Å². The molecular weight excluding hydrogens is 276 g/mol. The lowest BCUT2D eigenvalue weighted by molar-refractivity contribution is 0.0952. The highest BCUT2D eigenvalue weighted by Crippen LogP contribution is 2.27. The average molecular weight is 298 g/mol. The molecule has 22 heavy (non-hydrogen) atoms. The molecule has 1 saturated heterocycles. The fourth-order valence-corrected chi connectivity index (χ4v) is 2.95. The van der Waals surface area contributed by atoms with Crippen LogP contribution in [-0.2, 0) is 0 Å². The molecule has 0 bridgehead atoms. The number of amides is 1. The summed E-state index contributed by atoms with van der Waals surface area (Å²) < 4.78 is 5.73. The van der Waals surface area contributed by atoms with Gasteiger partial charge in [0.05, 0.1) is 5.56 Å². The Morgan fingerprint density at radius 1 is 1.36 bits per heavy atom. The Labute approximate surface area is 130 Å². The maximum atomic E-state index is 12.4. The van der Waals surface area contributed by atoms with Gasteiger partial charge in [0.15, 0.2) is 0 Å². The number of aryl methyl sites for hydroxylation is 1. The zero-order chi connectivity index (χ0) is 15.4. The number of carbonyl (C=O) groups is 1. The summed E-state index contributed by atoms with van der Waals surface area (Å²) in [6, 6.07) is 12.1. The van der Waals surface area contributed by atoms with Gasteiger partial charge in [0.2, 0.25) is 0 Å². The van der Waals surface area contributed by atoms with Crippen molar-refractivity contribution < 1.29 is 9.21 Å². The van der Waals surface area contributed by atoms with Crippen molar-refractivity contribution in [2.24, 2.45) is 0 Å². The second-order valence-electron chi connectivity index (χ2n) is 5.80. The van der Waals surface area contributed by atoms with Gasteiger partial charge in [0.1, 0.15) is 11.5 Å². The van der Waals surface area contributed by atoms with E-state index in [1.54, 1.807) is 0 Å². The SMILES string of the molecule is Cc1cc(C(=O)NCC[C@@H]2CCCN2)c(-c2ccccc2)o1. The number of carbonyl (C=O) groups excluding carboxylic acids is 1. The summed E-state index contributed by atoms with van der Waals surface area (Å²) >= 11 is 0. The van der Waals surface area contributed by atoms with Gasteiger partial charge in [0.25, 0.3) is 5.91 Å². The summed E-state index contributed by atoms with van der Waals surface area (Å²) in [6.07, 6.45) is 3.41. The van der Waals surface area contributed by atoms with Crippen LogP contribution in [0, 0.1) is 6.92 Å². The standard InChI is InChI=1S/C18H22N2O2/c1-13-12-16(17(22-13)14-6-3-2-4-7-14)18(21)20-11-9-15-8-5-10-19-15/h2-4,6-7,12,15,19H,5,8-11H2,1H3,(H,20,21)/t15-/m0/s1. The molecule has 1 amide bonds. The van der Waals surface area contributed by atoms with Crippen molar-refractivity contribution in [3.63, 3.8) is 0 Å². The topological polar surface area (TPSA) is 54.3 Å². The average Bonchev–Trinajstić information content (AvgIpc) is 3.17. The van der Waals surface area contributed by atoms with Crippen LogP contribution in [-0.4, -0.2) is 25.0 Å². The van der Waals surface area contributed by atoms with Gasteiger partial charge in [-0.25, -0.2) is 0 Å². The van der Waals surface area contributed by atoms with E-state index in [9.17, 15) is 4.79 Å². The van der Waals surface area contributed by atoms with Crippen LogP contribution in [0.1, 0.15) is 35.4 Å². The highest BCUT2D eigenvalue weighted by molar-refractivity contribution is 5.99. The highest BCUT2D eigenvalue weighted by Gasteiger charge is 2.19. The van der Waals surface area contributed by atoms with Crippen molar-refractivity contribution in [2.45, 2.75) is 32.2 Å². The predicted octanol–water partition coefficient (Wildman–Crippen LogP) is 3.13. The quantitative estimate of drug-likeness (QED) is 0.891. The molecule has 1 aromatic heterocycles. The van der Waals surface area contributed by atoms with Gasteiger partial charge in [-0.15, -0.1) is 0 Å². The number of rotatable bonds is 5. The normalized spacial score (nSPS) is 17.6. The third-order valence-corrected chi connectivity index (χ3v) is 4.08. The molecule has 0 aliphatic carbocycles. The Balaban J connectivity index is 1.67.